The highest BCUT2D eigenvalue weighted by Gasteiger charge is 2.42. The molecule has 9 rings (SSSR count). The van der Waals surface area contributed by atoms with Crippen molar-refractivity contribution in [2.45, 2.75) is 44.3 Å². The van der Waals surface area contributed by atoms with Crippen molar-refractivity contribution in [3.63, 3.8) is 0 Å². The summed E-state index contributed by atoms with van der Waals surface area (Å²) in [6, 6.07) is 35.5. The van der Waals surface area contributed by atoms with Crippen LogP contribution < -0.4 is 25.2 Å². The molecule has 3 aliphatic rings. The number of carboxylic acid groups (broad SMARTS) is 3. The Hall–Kier alpha value is -6.66. The van der Waals surface area contributed by atoms with Crippen LogP contribution >= 0.6 is 46.7 Å². The number of hydrogen-bond donors (Lipinski definition) is 3. The minimum atomic E-state index is -1.40. The molecule has 13 nitrogen and oxygen atoms in total. The first-order valence-electron chi connectivity index (χ1n) is 20.1. The standard InChI is InChI=1S/C47H36N4O9S4/c52-37(53)23-48-42(58)36(62-45(48)40-43(59)49(24-38(54)55)46(63-40)41-44(60)50(25-39(56)57)47(61)64-41)22-27-16-19-35-33(21-27)31-12-7-13-34(31)51(35)30-17-14-26(15-18-30)20-32(28-8-3-1-4-9-28)29-10-5-2-6-11-29/h1-6,8-11,14-22,31,34H,7,12-13,23-25H2,(H,52,53)(H,54,55)(H,56,57)/b36-22+,45-40-,46-41-. The number of amides is 1. The molecular formula is C47H36N4O9S4. The third kappa shape index (κ3) is 8.07. The maximum Gasteiger partial charge on any atom is 0.323 e. The molecule has 6 aromatic rings. The second-order valence-corrected chi connectivity index (χ2v) is 19.1. The van der Waals surface area contributed by atoms with E-state index in [0.717, 1.165) is 95.6 Å². The van der Waals surface area contributed by atoms with Crippen LogP contribution in [0.1, 0.15) is 53.0 Å². The number of benzene rings is 4. The van der Waals surface area contributed by atoms with Crippen molar-refractivity contribution in [1.82, 2.24) is 14.0 Å². The number of anilines is 2. The molecule has 2 unspecified atom stereocenters. The highest BCUT2D eigenvalue weighted by atomic mass is 32.2. The van der Waals surface area contributed by atoms with Crippen LogP contribution in [-0.2, 0) is 32.3 Å². The van der Waals surface area contributed by atoms with Gasteiger partial charge in [-0.05, 0) is 82.6 Å². The molecule has 3 N–H and O–H groups in total. The molecule has 0 radical (unpaired) electrons. The van der Waals surface area contributed by atoms with Crippen LogP contribution in [0.4, 0.5) is 11.4 Å². The lowest BCUT2D eigenvalue weighted by molar-refractivity contribution is -0.140. The van der Waals surface area contributed by atoms with Crippen molar-refractivity contribution in [2.24, 2.45) is 0 Å². The van der Waals surface area contributed by atoms with Crippen molar-refractivity contribution >= 4 is 109 Å². The Morgan fingerprint density at radius 2 is 1.31 bits per heavy atom. The molecule has 1 aliphatic carbocycles. The summed E-state index contributed by atoms with van der Waals surface area (Å²) in [6.45, 7) is -2.39. The lowest BCUT2D eigenvalue weighted by Gasteiger charge is -2.27. The second-order valence-electron chi connectivity index (χ2n) is 15.4. The van der Waals surface area contributed by atoms with Crippen molar-refractivity contribution in [1.29, 1.82) is 0 Å². The number of thiazole rings is 2. The molecule has 2 aliphatic heterocycles. The molecule has 322 valence electrons. The summed E-state index contributed by atoms with van der Waals surface area (Å²) in [6.07, 6.45) is 6.93. The predicted molar refractivity (Wildman–Crippen MR) is 251 cm³/mol. The Morgan fingerprint density at radius 1 is 0.703 bits per heavy atom. The van der Waals surface area contributed by atoms with Gasteiger partial charge in [0.25, 0.3) is 17.0 Å². The first-order chi connectivity index (χ1) is 30.9. The highest BCUT2D eigenvalue weighted by molar-refractivity contribution is 8.30. The van der Waals surface area contributed by atoms with Gasteiger partial charge in [0.05, 0.1) is 4.53 Å². The Kier molecular flexibility index (Phi) is 11.6. The highest BCUT2D eigenvalue weighted by Crippen LogP contribution is 2.52. The summed E-state index contributed by atoms with van der Waals surface area (Å²) < 4.78 is 1.57. The molecule has 2 atom stereocenters. The van der Waals surface area contributed by atoms with E-state index in [-0.39, 0.29) is 39.6 Å². The van der Waals surface area contributed by atoms with E-state index in [4.69, 9.17) is 12.2 Å². The van der Waals surface area contributed by atoms with Crippen LogP contribution in [0.3, 0.4) is 0 Å². The van der Waals surface area contributed by atoms with E-state index in [9.17, 15) is 44.1 Å². The van der Waals surface area contributed by atoms with Gasteiger partial charge in [-0.3, -0.25) is 42.8 Å². The average Bonchev–Trinajstić information content (AvgIpc) is 4.08. The van der Waals surface area contributed by atoms with Gasteiger partial charge in [0.15, 0.2) is 0 Å². The smallest absolute Gasteiger partial charge is 0.323 e. The van der Waals surface area contributed by atoms with Gasteiger partial charge in [0.1, 0.15) is 42.7 Å². The zero-order valence-electron chi connectivity index (χ0n) is 33.6. The quantitative estimate of drug-likeness (QED) is 0.105. The van der Waals surface area contributed by atoms with Gasteiger partial charge in [-0.25, -0.2) is 0 Å². The number of aliphatic carboxylic acids is 3. The Morgan fingerprint density at radius 3 is 1.94 bits per heavy atom. The number of aromatic nitrogens is 2. The van der Waals surface area contributed by atoms with E-state index in [2.05, 4.69) is 65.6 Å². The zero-order chi connectivity index (χ0) is 44.8. The molecular weight excluding hydrogens is 893 g/mol. The normalized spacial score (nSPS) is 18.3. The molecule has 1 amide bonds. The third-order valence-electron chi connectivity index (χ3n) is 11.4. The van der Waals surface area contributed by atoms with E-state index in [1.54, 1.807) is 6.08 Å². The van der Waals surface area contributed by atoms with Gasteiger partial charge in [-0.1, -0.05) is 109 Å². The first-order valence-corrected chi connectivity index (χ1v) is 23.0. The Bertz CT molecular complexity index is 3260. The van der Waals surface area contributed by atoms with Crippen LogP contribution in [-0.4, -0.2) is 70.1 Å². The topological polar surface area (TPSA) is 179 Å². The molecule has 2 aromatic heterocycles. The number of thioether (sulfide) groups is 1. The lowest BCUT2D eigenvalue weighted by Crippen LogP contribution is -2.35. The van der Waals surface area contributed by atoms with Gasteiger partial charge in [0, 0.05) is 23.3 Å². The van der Waals surface area contributed by atoms with Gasteiger partial charge in [-0.15, -0.1) is 22.7 Å². The number of rotatable bonds is 11. The number of carbonyl (C=O) groups is 4. The van der Waals surface area contributed by atoms with E-state index in [1.165, 1.54) is 0 Å². The van der Waals surface area contributed by atoms with E-state index in [1.807, 2.05) is 48.5 Å². The number of nitrogens with zero attached hydrogens (tertiary/aromatic N) is 4. The van der Waals surface area contributed by atoms with Gasteiger partial charge in [-0.2, -0.15) is 0 Å². The van der Waals surface area contributed by atoms with E-state index < -0.39 is 54.6 Å². The summed E-state index contributed by atoms with van der Waals surface area (Å²) in [5.74, 6) is -4.65. The zero-order valence-corrected chi connectivity index (χ0v) is 36.8. The summed E-state index contributed by atoms with van der Waals surface area (Å²) in [5, 5.41) is 28.9. The van der Waals surface area contributed by atoms with Gasteiger partial charge in [0.2, 0.25) is 0 Å². The second kappa shape index (κ2) is 17.5. The minimum absolute atomic E-state index is 0.0267. The maximum absolute atomic E-state index is 14.0. The predicted octanol–water partition coefficient (Wildman–Crippen LogP) is 5.85. The van der Waals surface area contributed by atoms with Gasteiger partial charge >= 0.3 is 17.9 Å². The maximum atomic E-state index is 14.0. The SMILES string of the molecule is O=C(O)CN1C(=O)/C(=c2/s/c(=c3\s/c(=C/c4ccc5c(c4)C4CCCC4N5c4ccc(C=C(c5ccccc5)c5ccccc5)cc4)c(=O)n3CC(=O)O)c(=O)n2CC(=O)O)SC1=S. The fourth-order valence-electron chi connectivity index (χ4n) is 8.68. The van der Waals surface area contributed by atoms with Crippen molar-refractivity contribution in [3.8, 4) is 0 Å². The molecule has 1 saturated carbocycles. The number of carbonyl (C=O) groups excluding carboxylic acids is 1. The number of fused-ring (bicyclic) bond motifs is 3. The summed E-state index contributed by atoms with van der Waals surface area (Å²) in [7, 11) is 0. The number of hydrogen-bond acceptors (Lipinski definition) is 11. The van der Waals surface area contributed by atoms with E-state index >= 15 is 0 Å². The molecule has 0 bridgehead atoms. The molecule has 1 saturated heterocycles. The van der Waals surface area contributed by atoms with E-state index in [0.29, 0.717) is 16.9 Å². The minimum Gasteiger partial charge on any atom is -0.480 e. The van der Waals surface area contributed by atoms with Crippen molar-refractivity contribution in [2.75, 3.05) is 11.4 Å². The molecule has 4 heterocycles. The molecule has 64 heavy (non-hydrogen) atoms. The fraction of sp³-hybridized carbons (Fsp3) is 0.170. The van der Waals surface area contributed by atoms with Crippen LogP contribution in [0.2, 0.25) is 0 Å². The summed E-state index contributed by atoms with van der Waals surface area (Å²) in [4.78, 5) is 79.9. The van der Waals surface area contributed by atoms with Crippen molar-refractivity contribution in [3.05, 3.63) is 170 Å². The number of thiocarbonyl (C=S) groups is 1. The van der Waals surface area contributed by atoms with Crippen LogP contribution in [0.15, 0.2) is 113 Å². The summed E-state index contributed by atoms with van der Waals surface area (Å²) >= 11 is 7.55. The summed E-state index contributed by atoms with van der Waals surface area (Å²) in [5.41, 5.74) is 6.91. The Labute approximate surface area is 381 Å². The fourth-order valence-corrected chi connectivity index (χ4v) is 12.5. The molecule has 4 aromatic carbocycles. The Balaban J connectivity index is 1.12. The number of carboxylic acids is 3. The largest absolute Gasteiger partial charge is 0.480 e. The lowest BCUT2D eigenvalue weighted by atomic mass is 9.95. The van der Waals surface area contributed by atoms with Crippen LogP contribution in [0.25, 0.3) is 22.6 Å². The van der Waals surface area contributed by atoms with Crippen LogP contribution in [0, 0.1) is 9.20 Å². The van der Waals surface area contributed by atoms with Crippen molar-refractivity contribution < 1.29 is 34.5 Å². The molecule has 0 spiro atoms. The third-order valence-corrected chi connectivity index (χ3v) is 15.4. The van der Waals surface area contributed by atoms with Crippen LogP contribution in [0.5, 0.6) is 0 Å². The van der Waals surface area contributed by atoms with Gasteiger partial charge < -0.3 is 20.2 Å². The molecule has 17 heteroatoms. The average molecular weight is 929 g/mol. The monoisotopic (exact) mass is 928 g/mol. The first kappa shape index (κ1) is 42.6. The molecule has 2 fully saturated rings.